The van der Waals surface area contributed by atoms with Gasteiger partial charge in [0.15, 0.2) is 6.10 Å². The normalized spacial score (nSPS) is 15.8. The SMILES string of the molecule is COc1ccc(NC(=O)C(C)Oc2ccc3c(c2)C(c2cccc(F)c2)N(C(C)=O)CC3)cc1. The molecule has 0 radical (unpaired) electrons. The van der Waals surface area contributed by atoms with Crippen molar-refractivity contribution in [3.05, 3.63) is 89.2 Å². The van der Waals surface area contributed by atoms with E-state index >= 15 is 0 Å². The van der Waals surface area contributed by atoms with Crippen LogP contribution in [-0.2, 0) is 16.0 Å². The van der Waals surface area contributed by atoms with Gasteiger partial charge in [-0.2, -0.15) is 0 Å². The van der Waals surface area contributed by atoms with Crippen LogP contribution in [0.5, 0.6) is 11.5 Å². The van der Waals surface area contributed by atoms with Gasteiger partial charge < -0.3 is 19.7 Å². The first-order chi connectivity index (χ1) is 16.4. The Bertz CT molecular complexity index is 1200. The molecular weight excluding hydrogens is 435 g/mol. The smallest absolute Gasteiger partial charge is 0.265 e. The summed E-state index contributed by atoms with van der Waals surface area (Å²) in [5.41, 5.74) is 3.26. The zero-order valence-corrected chi connectivity index (χ0v) is 19.4. The number of carbonyl (C=O) groups excluding carboxylic acids is 2. The molecule has 1 N–H and O–H groups in total. The molecule has 34 heavy (non-hydrogen) atoms. The van der Waals surface area contributed by atoms with Gasteiger partial charge in [0, 0.05) is 19.2 Å². The number of nitrogens with one attached hydrogen (secondary N) is 1. The van der Waals surface area contributed by atoms with E-state index in [1.807, 2.05) is 24.3 Å². The molecule has 7 heteroatoms. The highest BCUT2D eigenvalue weighted by atomic mass is 19.1. The average Bonchev–Trinajstić information content (AvgIpc) is 2.83. The van der Waals surface area contributed by atoms with Crippen LogP contribution in [0.3, 0.4) is 0 Å². The van der Waals surface area contributed by atoms with E-state index in [4.69, 9.17) is 9.47 Å². The maximum absolute atomic E-state index is 14.0. The van der Waals surface area contributed by atoms with Crippen LogP contribution in [0.15, 0.2) is 66.7 Å². The van der Waals surface area contributed by atoms with Gasteiger partial charge in [-0.05, 0) is 78.6 Å². The van der Waals surface area contributed by atoms with Crippen molar-refractivity contribution in [1.29, 1.82) is 0 Å². The molecule has 0 bridgehead atoms. The van der Waals surface area contributed by atoms with Gasteiger partial charge in [0.05, 0.1) is 13.2 Å². The largest absolute Gasteiger partial charge is 0.497 e. The number of nitrogens with zero attached hydrogens (tertiary/aromatic N) is 1. The molecule has 2 atom stereocenters. The number of fused-ring (bicyclic) bond motifs is 1. The second kappa shape index (κ2) is 9.95. The lowest BCUT2D eigenvalue weighted by atomic mass is 9.88. The monoisotopic (exact) mass is 462 g/mol. The van der Waals surface area contributed by atoms with Gasteiger partial charge in [0.1, 0.15) is 17.3 Å². The summed E-state index contributed by atoms with van der Waals surface area (Å²) >= 11 is 0. The highest BCUT2D eigenvalue weighted by Gasteiger charge is 2.31. The predicted molar refractivity (Wildman–Crippen MR) is 127 cm³/mol. The van der Waals surface area contributed by atoms with E-state index in [1.54, 1.807) is 49.3 Å². The van der Waals surface area contributed by atoms with Crippen molar-refractivity contribution in [2.24, 2.45) is 0 Å². The minimum Gasteiger partial charge on any atom is -0.497 e. The van der Waals surface area contributed by atoms with Gasteiger partial charge in [-0.25, -0.2) is 4.39 Å². The van der Waals surface area contributed by atoms with Crippen molar-refractivity contribution in [2.75, 3.05) is 19.0 Å². The molecule has 2 unspecified atom stereocenters. The van der Waals surface area contributed by atoms with Gasteiger partial charge in [0.2, 0.25) is 5.91 Å². The van der Waals surface area contributed by atoms with Crippen molar-refractivity contribution in [3.63, 3.8) is 0 Å². The van der Waals surface area contributed by atoms with Crippen LogP contribution < -0.4 is 14.8 Å². The predicted octanol–water partition coefficient (Wildman–Crippen LogP) is 4.73. The average molecular weight is 463 g/mol. The van der Waals surface area contributed by atoms with E-state index in [0.717, 1.165) is 11.1 Å². The second-order valence-corrected chi connectivity index (χ2v) is 8.26. The van der Waals surface area contributed by atoms with E-state index in [9.17, 15) is 14.0 Å². The maximum atomic E-state index is 14.0. The molecule has 1 aliphatic heterocycles. The van der Waals surface area contributed by atoms with Crippen LogP contribution in [0.1, 0.15) is 36.6 Å². The van der Waals surface area contributed by atoms with Crippen LogP contribution in [0.2, 0.25) is 0 Å². The molecule has 1 heterocycles. The number of amides is 2. The highest BCUT2D eigenvalue weighted by molar-refractivity contribution is 5.94. The molecule has 0 saturated heterocycles. The molecule has 0 aliphatic carbocycles. The van der Waals surface area contributed by atoms with Crippen LogP contribution in [0, 0.1) is 5.82 Å². The molecule has 3 aromatic carbocycles. The Morgan fingerprint density at radius 1 is 1.06 bits per heavy atom. The number of hydrogen-bond acceptors (Lipinski definition) is 4. The third kappa shape index (κ3) is 5.03. The van der Waals surface area contributed by atoms with Crippen molar-refractivity contribution < 1.29 is 23.5 Å². The molecule has 176 valence electrons. The summed E-state index contributed by atoms with van der Waals surface area (Å²) in [7, 11) is 1.58. The topological polar surface area (TPSA) is 67.9 Å². The van der Waals surface area contributed by atoms with Crippen LogP contribution in [0.4, 0.5) is 10.1 Å². The quantitative estimate of drug-likeness (QED) is 0.575. The zero-order valence-electron chi connectivity index (χ0n) is 19.4. The Morgan fingerprint density at radius 3 is 2.47 bits per heavy atom. The van der Waals surface area contributed by atoms with Crippen molar-refractivity contribution in [1.82, 2.24) is 4.90 Å². The van der Waals surface area contributed by atoms with Gasteiger partial charge in [-0.3, -0.25) is 9.59 Å². The Hall–Kier alpha value is -3.87. The molecule has 0 spiro atoms. The lowest BCUT2D eigenvalue weighted by molar-refractivity contribution is -0.130. The van der Waals surface area contributed by atoms with E-state index in [1.165, 1.54) is 19.1 Å². The molecule has 6 nitrogen and oxygen atoms in total. The maximum Gasteiger partial charge on any atom is 0.265 e. The number of hydrogen-bond donors (Lipinski definition) is 1. The summed E-state index contributed by atoms with van der Waals surface area (Å²) in [6, 6.07) is 18.5. The van der Waals surface area contributed by atoms with E-state index in [-0.39, 0.29) is 17.6 Å². The lowest BCUT2D eigenvalue weighted by Crippen LogP contribution is -2.39. The fourth-order valence-electron chi connectivity index (χ4n) is 4.22. The Morgan fingerprint density at radius 2 is 1.79 bits per heavy atom. The van der Waals surface area contributed by atoms with Crippen LogP contribution in [0.25, 0.3) is 0 Å². The summed E-state index contributed by atoms with van der Waals surface area (Å²) in [4.78, 5) is 26.8. The highest BCUT2D eigenvalue weighted by Crippen LogP contribution is 2.37. The third-order valence-electron chi connectivity index (χ3n) is 5.95. The van der Waals surface area contributed by atoms with Gasteiger partial charge >= 0.3 is 0 Å². The first-order valence-corrected chi connectivity index (χ1v) is 11.1. The summed E-state index contributed by atoms with van der Waals surface area (Å²) < 4.78 is 25.1. The number of halogens is 1. The number of carbonyl (C=O) groups is 2. The van der Waals surface area contributed by atoms with E-state index in [0.29, 0.717) is 35.7 Å². The van der Waals surface area contributed by atoms with Crippen LogP contribution >= 0.6 is 0 Å². The summed E-state index contributed by atoms with van der Waals surface area (Å²) in [6.07, 6.45) is -0.0746. The third-order valence-corrected chi connectivity index (χ3v) is 5.95. The molecule has 4 rings (SSSR count). The van der Waals surface area contributed by atoms with E-state index in [2.05, 4.69) is 5.32 Å². The number of methoxy groups -OCH3 is 1. The number of anilines is 1. The number of ether oxygens (including phenoxy) is 2. The van der Waals surface area contributed by atoms with Crippen molar-refractivity contribution >= 4 is 17.5 Å². The Kier molecular flexibility index (Phi) is 6.82. The fraction of sp³-hybridized carbons (Fsp3) is 0.259. The fourth-order valence-corrected chi connectivity index (χ4v) is 4.22. The Labute approximate surface area is 198 Å². The zero-order chi connectivity index (χ0) is 24.2. The first-order valence-electron chi connectivity index (χ1n) is 11.1. The van der Waals surface area contributed by atoms with Gasteiger partial charge in [0.25, 0.3) is 5.91 Å². The van der Waals surface area contributed by atoms with Crippen molar-refractivity contribution in [3.8, 4) is 11.5 Å². The summed E-state index contributed by atoms with van der Waals surface area (Å²) in [5, 5.41) is 2.82. The first kappa shape index (κ1) is 23.3. The lowest BCUT2D eigenvalue weighted by Gasteiger charge is -2.37. The number of rotatable bonds is 6. The standard InChI is InChI=1S/C27H27FN2O4/c1-17(27(32)29-22-8-11-23(33-3)12-9-22)34-24-10-7-19-13-14-30(18(2)31)26(25(19)16-24)20-5-4-6-21(28)15-20/h4-12,15-17,26H,13-14H2,1-3H3,(H,29,32). The van der Waals surface area contributed by atoms with Crippen LogP contribution in [-0.4, -0.2) is 36.5 Å². The number of benzene rings is 3. The molecule has 0 fully saturated rings. The molecule has 3 aromatic rings. The molecule has 0 saturated carbocycles. The van der Waals surface area contributed by atoms with Gasteiger partial charge in [-0.1, -0.05) is 18.2 Å². The molecule has 2 amide bonds. The minimum absolute atomic E-state index is 0.0847. The van der Waals surface area contributed by atoms with E-state index < -0.39 is 12.1 Å². The summed E-state index contributed by atoms with van der Waals surface area (Å²) in [5.74, 6) is 0.463. The second-order valence-electron chi connectivity index (χ2n) is 8.26. The summed E-state index contributed by atoms with van der Waals surface area (Å²) in [6.45, 7) is 3.73. The van der Waals surface area contributed by atoms with Gasteiger partial charge in [-0.15, -0.1) is 0 Å². The molecular formula is C27H27FN2O4. The van der Waals surface area contributed by atoms with Crippen molar-refractivity contribution in [2.45, 2.75) is 32.4 Å². The minimum atomic E-state index is -0.764. The molecule has 0 aromatic heterocycles. The molecule has 1 aliphatic rings. The Balaban J connectivity index is 1.56.